The first kappa shape index (κ1) is 13.8. The minimum atomic E-state index is 0.213. The van der Waals surface area contributed by atoms with Crippen LogP contribution in [0.5, 0.6) is 0 Å². The van der Waals surface area contributed by atoms with E-state index in [1.807, 2.05) is 17.5 Å². The van der Waals surface area contributed by atoms with E-state index in [1.54, 1.807) is 11.3 Å². The third-order valence-corrected chi connectivity index (χ3v) is 5.06. The highest BCUT2D eigenvalue weighted by molar-refractivity contribution is 7.13. The minimum absolute atomic E-state index is 0.213. The summed E-state index contributed by atoms with van der Waals surface area (Å²) in [5.41, 5.74) is 0. The van der Waals surface area contributed by atoms with E-state index >= 15 is 0 Å². The fraction of sp³-hybridized carbons (Fsp3) is 0.600. The van der Waals surface area contributed by atoms with Gasteiger partial charge in [0.2, 0.25) is 5.89 Å². The van der Waals surface area contributed by atoms with Crippen molar-refractivity contribution in [3.63, 3.8) is 0 Å². The Bertz CT molecular complexity index is 537. The molecule has 2 aromatic rings. The van der Waals surface area contributed by atoms with Crippen LogP contribution in [-0.4, -0.2) is 28.2 Å². The predicted molar refractivity (Wildman–Crippen MR) is 80.6 cm³/mol. The number of hydrogen-bond acceptors (Lipinski definition) is 5. The van der Waals surface area contributed by atoms with Gasteiger partial charge in [-0.2, -0.15) is 0 Å². The molecule has 0 bridgehead atoms. The maximum absolute atomic E-state index is 5.86. The van der Waals surface area contributed by atoms with Crippen LogP contribution in [-0.2, 0) is 0 Å². The maximum Gasteiger partial charge on any atom is 0.257 e. The zero-order valence-electron chi connectivity index (χ0n) is 12.1. The van der Waals surface area contributed by atoms with Gasteiger partial charge in [-0.25, -0.2) is 0 Å². The molecule has 0 N–H and O–H groups in total. The lowest BCUT2D eigenvalue weighted by atomic mass is 9.95. The number of piperidine rings is 1. The Labute approximate surface area is 123 Å². The molecule has 1 fully saturated rings. The highest BCUT2D eigenvalue weighted by Gasteiger charge is 2.26. The largest absolute Gasteiger partial charge is 0.418 e. The monoisotopic (exact) mass is 291 g/mol. The zero-order valence-corrected chi connectivity index (χ0v) is 12.9. The van der Waals surface area contributed by atoms with E-state index in [2.05, 4.69) is 28.9 Å². The summed E-state index contributed by atoms with van der Waals surface area (Å²) in [7, 11) is 0. The van der Waals surface area contributed by atoms with Crippen molar-refractivity contribution in [1.29, 1.82) is 0 Å². The summed E-state index contributed by atoms with van der Waals surface area (Å²) < 4.78 is 5.86. The Kier molecular flexibility index (Phi) is 4.17. The SMILES string of the molecule is CC[C@@H]1CCCN([C@@H](C)c2nnc(-c3cccs3)o2)C1. The zero-order chi connectivity index (χ0) is 13.9. The number of aromatic nitrogens is 2. The summed E-state index contributed by atoms with van der Waals surface area (Å²) in [6.45, 7) is 6.73. The molecule has 108 valence electrons. The molecule has 0 spiro atoms. The molecule has 2 aromatic heterocycles. The first-order valence-electron chi connectivity index (χ1n) is 7.39. The molecule has 2 atom stereocenters. The fourth-order valence-electron chi connectivity index (χ4n) is 2.84. The smallest absolute Gasteiger partial charge is 0.257 e. The number of thiophene rings is 1. The number of rotatable bonds is 4. The van der Waals surface area contributed by atoms with Crippen molar-refractivity contribution in [2.75, 3.05) is 13.1 Å². The van der Waals surface area contributed by atoms with Crippen molar-refractivity contribution in [2.45, 2.75) is 39.2 Å². The summed E-state index contributed by atoms with van der Waals surface area (Å²) >= 11 is 1.63. The van der Waals surface area contributed by atoms with Crippen molar-refractivity contribution in [3.8, 4) is 10.8 Å². The summed E-state index contributed by atoms with van der Waals surface area (Å²) in [5, 5.41) is 10.5. The quantitative estimate of drug-likeness (QED) is 0.854. The van der Waals surface area contributed by atoms with E-state index in [1.165, 1.54) is 19.3 Å². The van der Waals surface area contributed by atoms with Crippen LogP contribution in [0.25, 0.3) is 10.8 Å². The van der Waals surface area contributed by atoms with Crippen LogP contribution in [0.2, 0.25) is 0 Å². The van der Waals surface area contributed by atoms with Gasteiger partial charge >= 0.3 is 0 Å². The molecule has 1 saturated heterocycles. The lowest BCUT2D eigenvalue weighted by Crippen LogP contribution is -2.37. The molecule has 4 nitrogen and oxygen atoms in total. The third-order valence-electron chi connectivity index (χ3n) is 4.21. The molecule has 20 heavy (non-hydrogen) atoms. The van der Waals surface area contributed by atoms with E-state index in [0.29, 0.717) is 5.89 Å². The van der Waals surface area contributed by atoms with Gasteiger partial charge in [0.1, 0.15) is 0 Å². The molecule has 0 amide bonds. The van der Waals surface area contributed by atoms with Crippen molar-refractivity contribution >= 4 is 11.3 Å². The standard InChI is InChI=1S/C15H21N3OS/c1-3-12-6-4-8-18(10-12)11(2)14-16-17-15(19-14)13-7-5-9-20-13/h5,7,9,11-12H,3-4,6,8,10H2,1-2H3/t11-,12+/m0/s1. The van der Waals surface area contributed by atoms with Gasteiger partial charge in [0.15, 0.2) is 0 Å². The first-order chi connectivity index (χ1) is 9.78. The fourth-order valence-corrected chi connectivity index (χ4v) is 3.49. The Morgan fingerprint density at radius 1 is 1.50 bits per heavy atom. The van der Waals surface area contributed by atoms with E-state index < -0.39 is 0 Å². The van der Waals surface area contributed by atoms with E-state index in [0.717, 1.165) is 29.8 Å². The van der Waals surface area contributed by atoms with Gasteiger partial charge in [0.25, 0.3) is 5.89 Å². The van der Waals surface area contributed by atoms with Crippen LogP contribution in [0.1, 0.15) is 45.0 Å². The molecule has 0 radical (unpaired) electrons. The summed E-state index contributed by atoms with van der Waals surface area (Å²) in [6, 6.07) is 4.23. The van der Waals surface area contributed by atoms with Crippen LogP contribution >= 0.6 is 11.3 Å². The molecule has 1 aliphatic rings. The number of nitrogens with zero attached hydrogens (tertiary/aromatic N) is 3. The molecule has 5 heteroatoms. The number of hydrogen-bond donors (Lipinski definition) is 0. The Balaban J connectivity index is 1.72. The highest BCUT2D eigenvalue weighted by atomic mass is 32.1. The molecule has 0 unspecified atom stereocenters. The molecular weight excluding hydrogens is 270 g/mol. The highest BCUT2D eigenvalue weighted by Crippen LogP contribution is 2.30. The van der Waals surface area contributed by atoms with Crippen LogP contribution in [0.3, 0.4) is 0 Å². The maximum atomic E-state index is 5.86. The molecule has 0 saturated carbocycles. The van der Waals surface area contributed by atoms with E-state index in [4.69, 9.17) is 4.42 Å². The molecule has 3 heterocycles. The van der Waals surface area contributed by atoms with Crippen LogP contribution in [0.15, 0.2) is 21.9 Å². The lowest BCUT2D eigenvalue weighted by Gasteiger charge is -2.34. The van der Waals surface area contributed by atoms with Crippen molar-refractivity contribution in [3.05, 3.63) is 23.4 Å². The second kappa shape index (κ2) is 6.06. The van der Waals surface area contributed by atoms with Crippen molar-refractivity contribution < 1.29 is 4.42 Å². The molecule has 0 aliphatic carbocycles. The van der Waals surface area contributed by atoms with Crippen LogP contribution in [0.4, 0.5) is 0 Å². The van der Waals surface area contributed by atoms with E-state index in [-0.39, 0.29) is 6.04 Å². The molecular formula is C15H21N3OS. The van der Waals surface area contributed by atoms with E-state index in [9.17, 15) is 0 Å². The molecule has 3 rings (SSSR count). The van der Waals surface area contributed by atoms with Crippen molar-refractivity contribution in [2.24, 2.45) is 5.92 Å². The summed E-state index contributed by atoms with van der Waals surface area (Å²) in [6.07, 6.45) is 3.88. The molecule has 0 aromatic carbocycles. The van der Waals surface area contributed by atoms with Crippen LogP contribution < -0.4 is 0 Å². The van der Waals surface area contributed by atoms with Gasteiger partial charge in [-0.05, 0) is 43.7 Å². The first-order valence-corrected chi connectivity index (χ1v) is 8.27. The Morgan fingerprint density at radius 3 is 3.15 bits per heavy atom. The second-order valence-electron chi connectivity index (χ2n) is 5.51. The number of likely N-dealkylation sites (tertiary alicyclic amines) is 1. The van der Waals surface area contributed by atoms with Gasteiger partial charge in [0.05, 0.1) is 10.9 Å². The summed E-state index contributed by atoms with van der Waals surface area (Å²) in [5.74, 6) is 2.20. The van der Waals surface area contributed by atoms with Gasteiger partial charge in [-0.15, -0.1) is 21.5 Å². The predicted octanol–water partition coefficient (Wildman–Crippen LogP) is 3.98. The topological polar surface area (TPSA) is 42.2 Å². The van der Waals surface area contributed by atoms with Gasteiger partial charge in [-0.1, -0.05) is 19.4 Å². The van der Waals surface area contributed by atoms with Gasteiger partial charge < -0.3 is 4.42 Å². The summed E-state index contributed by atoms with van der Waals surface area (Å²) in [4.78, 5) is 3.52. The lowest BCUT2D eigenvalue weighted by molar-refractivity contribution is 0.114. The molecule has 1 aliphatic heterocycles. The average Bonchev–Trinajstić information content (AvgIpc) is 3.17. The normalized spacial score (nSPS) is 22.0. The van der Waals surface area contributed by atoms with Crippen LogP contribution in [0, 0.1) is 5.92 Å². The third kappa shape index (κ3) is 2.79. The second-order valence-corrected chi connectivity index (χ2v) is 6.46. The Morgan fingerprint density at radius 2 is 2.40 bits per heavy atom. The van der Waals surface area contributed by atoms with Gasteiger partial charge in [-0.3, -0.25) is 4.90 Å². The van der Waals surface area contributed by atoms with Gasteiger partial charge in [0, 0.05) is 6.54 Å². The van der Waals surface area contributed by atoms with Crippen molar-refractivity contribution in [1.82, 2.24) is 15.1 Å². The average molecular weight is 291 g/mol. The Hall–Kier alpha value is -1.20. The minimum Gasteiger partial charge on any atom is -0.418 e.